The topological polar surface area (TPSA) is 47.3 Å². The van der Waals surface area contributed by atoms with E-state index in [2.05, 4.69) is 12.3 Å². The summed E-state index contributed by atoms with van der Waals surface area (Å²) < 4.78 is 6.03. The highest BCUT2D eigenvalue weighted by Gasteiger charge is 2.43. The smallest absolute Gasteiger partial charge is 0.0685 e. The van der Waals surface area contributed by atoms with Crippen LogP contribution in [0.5, 0.6) is 0 Å². The maximum atomic E-state index is 6.03. The Balaban J connectivity index is 1.65. The molecule has 1 saturated heterocycles. The molecule has 3 heteroatoms. The maximum absolute atomic E-state index is 6.03. The summed E-state index contributed by atoms with van der Waals surface area (Å²) in [4.78, 5) is 0. The Kier molecular flexibility index (Phi) is 6.79. The highest BCUT2D eigenvalue weighted by Crippen LogP contribution is 2.45. The van der Waals surface area contributed by atoms with Crippen LogP contribution in [0.25, 0.3) is 0 Å². The van der Waals surface area contributed by atoms with Crippen molar-refractivity contribution in [1.82, 2.24) is 5.43 Å². The lowest BCUT2D eigenvalue weighted by Crippen LogP contribution is -2.51. The van der Waals surface area contributed by atoms with Crippen molar-refractivity contribution in [3.8, 4) is 0 Å². The van der Waals surface area contributed by atoms with Gasteiger partial charge in [-0.3, -0.25) is 11.3 Å². The van der Waals surface area contributed by atoms with Crippen molar-refractivity contribution in [3.63, 3.8) is 0 Å². The Morgan fingerprint density at radius 3 is 2.60 bits per heavy atom. The molecule has 0 aromatic rings. The molecule has 1 aliphatic carbocycles. The summed E-state index contributed by atoms with van der Waals surface area (Å²) >= 11 is 0. The van der Waals surface area contributed by atoms with E-state index >= 15 is 0 Å². The lowest BCUT2D eigenvalue weighted by Gasteiger charge is -2.48. The molecule has 118 valence electrons. The van der Waals surface area contributed by atoms with Crippen LogP contribution in [-0.4, -0.2) is 18.2 Å². The van der Waals surface area contributed by atoms with Crippen LogP contribution in [0.15, 0.2) is 0 Å². The number of nitrogens with two attached hydrogens (primary N) is 1. The van der Waals surface area contributed by atoms with E-state index < -0.39 is 0 Å². The number of rotatable bonds is 9. The molecule has 1 aliphatic heterocycles. The number of hydrogen-bond acceptors (Lipinski definition) is 3. The van der Waals surface area contributed by atoms with Crippen molar-refractivity contribution < 1.29 is 4.74 Å². The van der Waals surface area contributed by atoms with Crippen LogP contribution in [0.3, 0.4) is 0 Å². The third-order valence-corrected chi connectivity index (χ3v) is 5.45. The van der Waals surface area contributed by atoms with Crippen LogP contribution in [-0.2, 0) is 4.74 Å². The highest BCUT2D eigenvalue weighted by molar-refractivity contribution is 4.96. The molecular formula is C17H34N2O. The van der Waals surface area contributed by atoms with Gasteiger partial charge in [-0.1, -0.05) is 45.4 Å². The van der Waals surface area contributed by atoms with E-state index in [1.807, 2.05) is 0 Å². The van der Waals surface area contributed by atoms with Crippen molar-refractivity contribution in [2.45, 2.75) is 95.6 Å². The molecule has 0 bridgehead atoms. The van der Waals surface area contributed by atoms with E-state index in [0.29, 0.717) is 6.04 Å². The van der Waals surface area contributed by atoms with Crippen molar-refractivity contribution in [1.29, 1.82) is 0 Å². The first-order valence-corrected chi connectivity index (χ1v) is 8.90. The summed E-state index contributed by atoms with van der Waals surface area (Å²) in [6.45, 7) is 3.22. The van der Waals surface area contributed by atoms with Gasteiger partial charge >= 0.3 is 0 Å². The molecule has 0 aromatic heterocycles. The van der Waals surface area contributed by atoms with E-state index in [1.54, 1.807) is 0 Å². The van der Waals surface area contributed by atoms with Crippen molar-refractivity contribution >= 4 is 0 Å². The van der Waals surface area contributed by atoms with Gasteiger partial charge in [0.15, 0.2) is 0 Å². The first-order chi connectivity index (χ1) is 9.79. The Morgan fingerprint density at radius 1 is 1.20 bits per heavy atom. The fraction of sp³-hybridized carbons (Fsp3) is 1.00. The van der Waals surface area contributed by atoms with Gasteiger partial charge in [0.2, 0.25) is 0 Å². The monoisotopic (exact) mass is 282 g/mol. The van der Waals surface area contributed by atoms with Gasteiger partial charge in [-0.25, -0.2) is 0 Å². The minimum Gasteiger partial charge on any atom is -0.375 e. The van der Waals surface area contributed by atoms with Crippen molar-refractivity contribution in [2.75, 3.05) is 6.61 Å². The predicted octanol–water partition coefficient (Wildman–Crippen LogP) is 3.92. The summed E-state index contributed by atoms with van der Waals surface area (Å²) in [5.41, 5.74) is 3.35. The number of hydrogen-bond donors (Lipinski definition) is 2. The van der Waals surface area contributed by atoms with Gasteiger partial charge in [0.25, 0.3) is 0 Å². The molecule has 1 spiro atoms. The van der Waals surface area contributed by atoms with E-state index in [1.165, 1.54) is 77.0 Å². The first-order valence-electron chi connectivity index (χ1n) is 8.90. The van der Waals surface area contributed by atoms with E-state index in [0.717, 1.165) is 12.5 Å². The molecule has 2 fully saturated rings. The molecule has 0 radical (unpaired) electrons. The normalized spacial score (nSPS) is 26.4. The Hall–Kier alpha value is -0.120. The molecule has 3 N–H and O–H groups in total. The quantitative estimate of drug-likeness (QED) is 0.383. The first kappa shape index (κ1) is 16.3. The second-order valence-electron chi connectivity index (χ2n) is 6.97. The third-order valence-electron chi connectivity index (χ3n) is 5.45. The predicted molar refractivity (Wildman–Crippen MR) is 84.4 cm³/mol. The molecule has 0 aromatic carbocycles. The zero-order valence-electron chi connectivity index (χ0n) is 13.3. The molecule has 1 heterocycles. The van der Waals surface area contributed by atoms with Gasteiger partial charge in [0.05, 0.1) is 5.60 Å². The fourth-order valence-corrected chi connectivity index (χ4v) is 3.93. The average molecular weight is 282 g/mol. The number of unbranched alkanes of at least 4 members (excludes halogenated alkanes) is 5. The second-order valence-corrected chi connectivity index (χ2v) is 6.97. The van der Waals surface area contributed by atoms with Crippen LogP contribution >= 0.6 is 0 Å². The van der Waals surface area contributed by atoms with Crippen LogP contribution < -0.4 is 11.3 Å². The Morgan fingerprint density at radius 2 is 1.95 bits per heavy atom. The molecule has 1 saturated carbocycles. The molecule has 3 nitrogen and oxygen atoms in total. The summed E-state index contributed by atoms with van der Waals surface area (Å²) in [5, 5.41) is 0. The van der Waals surface area contributed by atoms with Crippen molar-refractivity contribution in [2.24, 2.45) is 11.8 Å². The van der Waals surface area contributed by atoms with Gasteiger partial charge in [0.1, 0.15) is 0 Å². The highest BCUT2D eigenvalue weighted by atomic mass is 16.5. The molecule has 2 rings (SSSR count). The second kappa shape index (κ2) is 8.35. The Bertz CT molecular complexity index is 266. The summed E-state index contributed by atoms with van der Waals surface area (Å²) in [5.74, 6) is 6.55. The summed E-state index contributed by atoms with van der Waals surface area (Å²) in [6.07, 6.45) is 15.8. The van der Waals surface area contributed by atoms with Crippen molar-refractivity contribution in [3.05, 3.63) is 0 Å². The van der Waals surface area contributed by atoms with Gasteiger partial charge in [-0.2, -0.15) is 0 Å². The summed E-state index contributed by atoms with van der Waals surface area (Å²) in [6, 6.07) is 0.502. The van der Waals surface area contributed by atoms with E-state index in [4.69, 9.17) is 10.6 Å². The molecule has 2 aliphatic rings. The SMILES string of the molecule is CCCCCCCCC(NN)C1CCOC2(CCC2)C1. The third kappa shape index (κ3) is 4.44. The largest absolute Gasteiger partial charge is 0.375 e. The van der Waals surface area contributed by atoms with Gasteiger partial charge in [-0.05, 0) is 44.4 Å². The number of hydrazine groups is 1. The van der Waals surface area contributed by atoms with Gasteiger partial charge < -0.3 is 4.74 Å². The zero-order chi connectivity index (χ0) is 14.3. The minimum absolute atomic E-state index is 0.249. The van der Waals surface area contributed by atoms with Crippen LogP contribution in [0.2, 0.25) is 0 Å². The van der Waals surface area contributed by atoms with Gasteiger partial charge in [0, 0.05) is 12.6 Å². The fourth-order valence-electron chi connectivity index (χ4n) is 3.93. The van der Waals surface area contributed by atoms with E-state index in [9.17, 15) is 0 Å². The number of nitrogens with one attached hydrogen (secondary N) is 1. The Labute approximate surface area is 125 Å². The zero-order valence-corrected chi connectivity index (χ0v) is 13.3. The molecule has 20 heavy (non-hydrogen) atoms. The molecule has 2 atom stereocenters. The summed E-state index contributed by atoms with van der Waals surface area (Å²) in [7, 11) is 0. The van der Waals surface area contributed by atoms with Gasteiger partial charge in [-0.15, -0.1) is 0 Å². The molecular weight excluding hydrogens is 248 g/mol. The lowest BCUT2D eigenvalue weighted by atomic mass is 9.70. The maximum Gasteiger partial charge on any atom is 0.0685 e. The minimum atomic E-state index is 0.249. The molecule has 0 amide bonds. The van der Waals surface area contributed by atoms with E-state index in [-0.39, 0.29) is 5.60 Å². The molecule has 2 unspecified atom stereocenters. The average Bonchev–Trinajstić information content (AvgIpc) is 2.45. The van der Waals surface area contributed by atoms with Crippen LogP contribution in [0, 0.1) is 5.92 Å². The van der Waals surface area contributed by atoms with Crippen LogP contribution in [0.1, 0.15) is 84.0 Å². The lowest BCUT2D eigenvalue weighted by molar-refractivity contribution is -0.147. The number of ether oxygens (including phenoxy) is 1. The van der Waals surface area contributed by atoms with Crippen LogP contribution in [0.4, 0.5) is 0 Å². The standard InChI is InChI=1S/C17H34N2O/c1-2-3-4-5-6-7-9-16(19-18)15-10-13-20-17(14-15)11-8-12-17/h15-16,19H,2-14,18H2,1H3.